The first-order chi connectivity index (χ1) is 10.2. The SMILES string of the molecule is N/N=C(\NN)c1cccc(N2Cc3ncccc3C2=O)n1. The zero-order valence-electron chi connectivity index (χ0n) is 11.0. The molecule has 106 valence electrons. The molecular formula is C13H13N7O. The number of nitrogens with one attached hydrogen (secondary N) is 1. The van der Waals surface area contributed by atoms with E-state index in [0.717, 1.165) is 5.69 Å². The van der Waals surface area contributed by atoms with Crippen molar-refractivity contribution in [3.05, 3.63) is 53.5 Å². The standard InChI is InChI=1S/C13H13N7O/c14-18-12(19-15)9-4-1-5-11(17-9)20-7-10-8(13(20)21)3-2-6-16-10/h1-6H,7,14-15H2,(H,18,19). The fraction of sp³-hybridized carbons (Fsp3) is 0.0769. The molecule has 1 aliphatic rings. The van der Waals surface area contributed by atoms with Gasteiger partial charge in [0.1, 0.15) is 11.5 Å². The number of nitrogens with two attached hydrogens (primary N) is 2. The van der Waals surface area contributed by atoms with Crippen LogP contribution in [0.5, 0.6) is 0 Å². The van der Waals surface area contributed by atoms with E-state index in [1.807, 2.05) is 0 Å². The van der Waals surface area contributed by atoms with Gasteiger partial charge in [0, 0.05) is 6.20 Å². The van der Waals surface area contributed by atoms with E-state index < -0.39 is 0 Å². The molecule has 0 fully saturated rings. The normalized spacial score (nSPS) is 14.2. The summed E-state index contributed by atoms with van der Waals surface area (Å²) in [5.74, 6) is 11.2. The molecule has 5 N–H and O–H groups in total. The van der Waals surface area contributed by atoms with Gasteiger partial charge in [-0.3, -0.25) is 14.7 Å². The van der Waals surface area contributed by atoms with E-state index in [-0.39, 0.29) is 11.7 Å². The fourth-order valence-electron chi connectivity index (χ4n) is 2.19. The van der Waals surface area contributed by atoms with Crippen molar-refractivity contribution >= 4 is 17.6 Å². The Kier molecular flexibility index (Phi) is 3.20. The Labute approximate surface area is 120 Å². The lowest BCUT2D eigenvalue weighted by atomic mass is 10.2. The highest BCUT2D eigenvalue weighted by Crippen LogP contribution is 2.25. The highest BCUT2D eigenvalue weighted by Gasteiger charge is 2.30. The summed E-state index contributed by atoms with van der Waals surface area (Å²) in [7, 11) is 0. The van der Waals surface area contributed by atoms with Crippen LogP contribution in [0, 0.1) is 0 Å². The van der Waals surface area contributed by atoms with E-state index >= 15 is 0 Å². The maximum absolute atomic E-state index is 12.4. The van der Waals surface area contributed by atoms with E-state index in [1.165, 1.54) is 0 Å². The largest absolute Gasteiger partial charge is 0.321 e. The number of amides is 1. The van der Waals surface area contributed by atoms with Gasteiger partial charge in [-0.25, -0.2) is 10.8 Å². The van der Waals surface area contributed by atoms with Crippen LogP contribution < -0.4 is 22.0 Å². The van der Waals surface area contributed by atoms with E-state index in [0.29, 0.717) is 23.6 Å². The Bertz CT molecular complexity index is 728. The van der Waals surface area contributed by atoms with Crippen LogP contribution in [0.3, 0.4) is 0 Å². The number of pyridine rings is 2. The van der Waals surface area contributed by atoms with E-state index in [9.17, 15) is 4.79 Å². The number of hydrazine groups is 1. The molecule has 0 aliphatic carbocycles. The molecule has 0 saturated heterocycles. The fourth-order valence-corrected chi connectivity index (χ4v) is 2.19. The molecule has 3 heterocycles. The molecule has 8 heteroatoms. The lowest BCUT2D eigenvalue weighted by Gasteiger charge is -2.15. The second-order valence-corrected chi connectivity index (χ2v) is 4.39. The number of carbonyl (C=O) groups excluding carboxylic acids is 1. The van der Waals surface area contributed by atoms with E-state index in [1.54, 1.807) is 41.4 Å². The Morgan fingerprint density at radius 3 is 2.90 bits per heavy atom. The molecule has 2 aromatic heterocycles. The number of aromatic nitrogens is 2. The highest BCUT2D eigenvalue weighted by atomic mass is 16.2. The summed E-state index contributed by atoms with van der Waals surface area (Å²) in [4.78, 5) is 22.5. The zero-order chi connectivity index (χ0) is 14.8. The number of fused-ring (bicyclic) bond motifs is 1. The third kappa shape index (κ3) is 2.17. The highest BCUT2D eigenvalue weighted by molar-refractivity contribution is 6.09. The first-order valence-electron chi connectivity index (χ1n) is 6.22. The molecule has 0 aromatic carbocycles. The van der Waals surface area contributed by atoms with Crippen molar-refractivity contribution in [2.45, 2.75) is 6.54 Å². The number of rotatable bonds is 2. The summed E-state index contributed by atoms with van der Waals surface area (Å²) < 4.78 is 0. The zero-order valence-corrected chi connectivity index (χ0v) is 11.0. The molecule has 3 rings (SSSR count). The Balaban J connectivity index is 1.97. The minimum Gasteiger partial charge on any atom is -0.321 e. The van der Waals surface area contributed by atoms with Crippen LogP contribution in [0.15, 0.2) is 41.6 Å². The van der Waals surface area contributed by atoms with Crippen molar-refractivity contribution in [1.82, 2.24) is 15.4 Å². The maximum Gasteiger partial charge on any atom is 0.261 e. The van der Waals surface area contributed by atoms with Crippen LogP contribution in [0.2, 0.25) is 0 Å². The van der Waals surface area contributed by atoms with Gasteiger partial charge in [-0.1, -0.05) is 6.07 Å². The van der Waals surface area contributed by atoms with Crippen molar-refractivity contribution in [3.8, 4) is 0 Å². The van der Waals surface area contributed by atoms with Gasteiger partial charge in [0.05, 0.1) is 17.8 Å². The smallest absolute Gasteiger partial charge is 0.261 e. The summed E-state index contributed by atoms with van der Waals surface area (Å²) in [6.45, 7) is 0.386. The number of hydrogen-bond donors (Lipinski definition) is 3. The second kappa shape index (κ2) is 5.17. The predicted molar refractivity (Wildman–Crippen MR) is 77.0 cm³/mol. The Morgan fingerprint density at radius 2 is 2.19 bits per heavy atom. The van der Waals surface area contributed by atoms with Gasteiger partial charge >= 0.3 is 0 Å². The molecule has 0 saturated carbocycles. The molecule has 2 aromatic rings. The van der Waals surface area contributed by atoms with E-state index in [2.05, 4.69) is 20.5 Å². The van der Waals surface area contributed by atoms with Gasteiger partial charge in [0.15, 0.2) is 5.84 Å². The molecule has 1 aliphatic heterocycles. The monoisotopic (exact) mass is 283 g/mol. The molecule has 21 heavy (non-hydrogen) atoms. The summed E-state index contributed by atoms with van der Waals surface area (Å²) in [5, 5.41) is 3.51. The quantitative estimate of drug-likeness (QED) is 0.301. The lowest BCUT2D eigenvalue weighted by molar-refractivity contribution is 0.0996. The Hall–Kier alpha value is -3.00. The molecule has 0 unspecified atom stereocenters. The number of hydrazone groups is 1. The summed E-state index contributed by atoms with van der Waals surface area (Å²) in [6, 6.07) is 8.67. The average molecular weight is 283 g/mol. The van der Waals surface area contributed by atoms with Crippen LogP contribution in [-0.4, -0.2) is 21.7 Å². The summed E-state index contributed by atoms with van der Waals surface area (Å²) >= 11 is 0. The van der Waals surface area contributed by atoms with Gasteiger partial charge in [0.25, 0.3) is 5.91 Å². The third-order valence-electron chi connectivity index (χ3n) is 3.19. The summed E-state index contributed by atoms with van der Waals surface area (Å²) in [5.41, 5.74) is 4.14. The minimum atomic E-state index is -0.130. The van der Waals surface area contributed by atoms with Gasteiger partial charge in [-0.05, 0) is 24.3 Å². The van der Waals surface area contributed by atoms with Crippen molar-refractivity contribution in [3.63, 3.8) is 0 Å². The van der Waals surface area contributed by atoms with E-state index in [4.69, 9.17) is 11.7 Å². The van der Waals surface area contributed by atoms with Crippen LogP contribution >= 0.6 is 0 Å². The average Bonchev–Trinajstić information content (AvgIpc) is 2.87. The number of nitrogens with zero attached hydrogens (tertiary/aromatic N) is 4. The molecule has 1 amide bonds. The van der Waals surface area contributed by atoms with Gasteiger partial charge in [-0.2, -0.15) is 5.10 Å². The van der Waals surface area contributed by atoms with Crippen molar-refractivity contribution < 1.29 is 4.79 Å². The van der Waals surface area contributed by atoms with Crippen LogP contribution in [0.25, 0.3) is 0 Å². The maximum atomic E-state index is 12.4. The van der Waals surface area contributed by atoms with Crippen LogP contribution in [0.4, 0.5) is 5.82 Å². The first-order valence-corrected chi connectivity index (χ1v) is 6.22. The van der Waals surface area contributed by atoms with Crippen molar-refractivity contribution in [2.75, 3.05) is 4.90 Å². The number of amidine groups is 1. The molecule has 0 spiro atoms. The molecule has 0 radical (unpaired) electrons. The first kappa shape index (κ1) is 13.0. The van der Waals surface area contributed by atoms with Crippen molar-refractivity contribution in [1.29, 1.82) is 0 Å². The molecule has 0 bridgehead atoms. The van der Waals surface area contributed by atoms with Gasteiger partial charge < -0.3 is 11.3 Å². The topological polar surface area (TPSA) is 123 Å². The Morgan fingerprint density at radius 1 is 1.33 bits per heavy atom. The van der Waals surface area contributed by atoms with Gasteiger partial charge in [0.2, 0.25) is 0 Å². The molecular weight excluding hydrogens is 270 g/mol. The second-order valence-electron chi connectivity index (χ2n) is 4.39. The van der Waals surface area contributed by atoms with Gasteiger partial charge in [-0.15, -0.1) is 0 Å². The predicted octanol–water partition coefficient (Wildman–Crippen LogP) is -0.279. The number of hydrogen-bond acceptors (Lipinski definition) is 6. The number of carbonyl (C=O) groups is 1. The lowest BCUT2D eigenvalue weighted by Crippen LogP contribution is -2.33. The number of anilines is 1. The minimum absolute atomic E-state index is 0.130. The van der Waals surface area contributed by atoms with Crippen LogP contribution in [-0.2, 0) is 6.54 Å². The summed E-state index contributed by atoms with van der Waals surface area (Å²) in [6.07, 6.45) is 1.66. The third-order valence-corrected chi connectivity index (χ3v) is 3.19. The van der Waals surface area contributed by atoms with Crippen LogP contribution in [0.1, 0.15) is 21.7 Å². The molecule has 8 nitrogen and oxygen atoms in total. The van der Waals surface area contributed by atoms with Crippen molar-refractivity contribution in [2.24, 2.45) is 16.8 Å². The molecule has 0 atom stereocenters.